The van der Waals surface area contributed by atoms with Crippen LogP contribution in [0.4, 0.5) is 0 Å². The Morgan fingerprint density at radius 2 is 1.52 bits per heavy atom. The van der Waals surface area contributed by atoms with Crippen molar-refractivity contribution >= 4 is 11.9 Å². The molecule has 4 aliphatic carbocycles. The third-order valence-electron chi connectivity index (χ3n) is 6.18. The maximum atomic E-state index is 13.0. The highest BCUT2D eigenvalue weighted by Crippen LogP contribution is 2.60. The molecule has 0 radical (unpaired) electrons. The van der Waals surface area contributed by atoms with Gasteiger partial charge in [0.25, 0.3) is 0 Å². The maximum absolute atomic E-state index is 13.0. The number of aliphatic carboxylic acids is 1. The molecular formula is C19H23NO3. The highest BCUT2D eigenvalue weighted by Gasteiger charge is 2.55. The van der Waals surface area contributed by atoms with E-state index in [1.165, 1.54) is 19.3 Å². The van der Waals surface area contributed by atoms with Gasteiger partial charge in [0.15, 0.2) is 6.04 Å². The standard InChI is InChI=1S/C19H23NO3/c21-17(22)16(15-4-2-1-3-5-15)20-18(23)19-9-12-6-13(10-19)8-14(7-12)11-19/h1-5,12-14,16H,6-11H2,(H,20,23)(H,21,22). The first-order chi connectivity index (χ1) is 11.1. The van der Waals surface area contributed by atoms with Crippen molar-refractivity contribution < 1.29 is 14.7 Å². The van der Waals surface area contributed by atoms with Crippen molar-refractivity contribution in [1.29, 1.82) is 0 Å². The van der Waals surface area contributed by atoms with E-state index in [-0.39, 0.29) is 11.3 Å². The molecule has 4 nitrogen and oxygen atoms in total. The lowest BCUT2D eigenvalue weighted by molar-refractivity contribution is -0.151. The van der Waals surface area contributed by atoms with E-state index in [1.807, 2.05) is 18.2 Å². The quantitative estimate of drug-likeness (QED) is 0.897. The second-order valence-electron chi connectivity index (χ2n) is 7.85. The lowest BCUT2D eigenvalue weighted by atomic mass is 9.49. The van der Waals surface area contributed by atoms with Gasteiger partial charge in [0.2, 0.25) is 5.91 Å². The van der Waals surface area contributed by atoms with Crippen molar-refractivity contribution in [3.63, 3.8) is 0 Å². The predicted octanol–water partition coefficient (Wildman–Crippen LogP) is 3.14. The molecule has 0 aliphatic heterocycles. The summed E-state index contributed by atoms with van der Waals surface area (Å²) in [6.07, 6.45) is 6.67. The number of carbonyl (C=O) groups is 2. The molecule has 4 aliphatic rings. The molecule has 1 amide bonds. The van der Waals surface area contributed by atoms with Crippen molar-refractivity contribution in [3.8, 4) is 0 Å². The average Bonchev–Trinajstić information content (AvgIpc) is 2.51. The highest BCUT2D eigenvalue weighted by atomic mass is 16.4. The Kier molecular flexibility index (Phi) is 3.43. The van der Waals surface area contributed by atoms with Crippen LogP contribution in [0.5, 0.6) is 0 Å². The van der Waals surface area contributed by atoms with E-state index < -0.39 is 12.0 Å². The zero-order valence-corrected chi connectivity index (χ0v) is 13.2. The van der Waals surface area contributed by atoms with Gasteiger partial charge >= 0.3 is 5.97 Å². The molecule has 0 saturated heterocycles. The van der Waals surface area contributed by atoms with Crippen LogP contribution < -0.4 is 5.32 Å². The lowest BCUT2D eigenvalue weighted by Gasteiger charge is -2.55. The van der Waals surface area contributed by atoms with Crippen molar-refractivity contribution in [3.05, 3.63) is 35.9 Å². The summed E-state index contributed by atoms with van der Waals surface area (Å²) < 4.78 is 0. The molecule has 4 bridgehead atoms. The van der Waals surface area contributed by atoms with Gasteiger partial charge in [0.1, 0.15) is 0 Å². The molecule has 2 N–H and O–H groups in total. The molecule has 1 unspecified atom stereocenters. The topological polar surface area (TPSA) is 66.4 Å². The Hall–Kier alpha value is -1.84. The average molecular weight is 313 g/mol. The first kappa shape index (κ1) is 14.7. The smallest absolute Gasteiger partial charge is 0.330 e. The molecule has 4 saturated carbocycles. The Morgan fingerprint density at radius 3 is 2.00 bits per heavy atom. The Labute approximate surface area is 136 Å². The fraction of sp³-hybridized carbons (Fsp3) is 0.579. The van der Waals surface area contributed by atoms with Gasteiger partial charge in [0.05, 0.1) is 0 Å². The Bertz CT molecular complexity index is 589. The second-order valence-corrected chi connectivity index (χ2v) is 7.85. The number of carboxylic acid groups (broad SMARTS) is 1. The summed E-state index contributed by atoms with van der Waals surface area (Å²) in [5.74, 6) is 0.994. The first-order valence-electron chi connectivity index (χ1n) is 8.64. The molecule has 1 aromatic rings. The van der Waals surface area contributed by atoms with Crippen LogP contribution in [0.1, 0.15) is 50.1 Å². The molecule has 5 rings (SSSR count). The zero-order valence-electron chi connectivity index (χ0n) is 13.2. The first-order valence-corrected chi connectivity index (χ1v) is 8.64. The van der Waals surface area contributed by atoms with Gasteiger partial charge < -0.3 is 10.4 Å². The summed E-state index contributed by atoms with van der Waals surface area (Å²) in [4.78, 5) is 24.7. The summed E-state index contributed by atoms with van der Waals surface area (Å²) in [7, 11) is 0. The van der Waals surface area contributed by atoms with Crippen molar-refractivity contribution in [2.75, 3.05) is 0 Å². The molecule has 1 atom stereocenters. The van der Waals surface area contributed by atoms with Gasteiger partial charge in [-0.05, 0) is 61.8 Å². The SMILES string of the molecule is O=C(O)C(NC(=O)C12CC3CC(CC(C3)C1)C2)c1ccccc1. The molecule has 0 aromatic heterocycles. The molecule has 4 heteroatoms. The van der Waals surface area contributed by atoms with Crippen LogP contribution in [0.15, 0.2) is 30.3 Å². The fourth-order valence-corrected chi connectivity index (χ4v) is 5.61. The molecule has 0 heterocycles. The van der Waals surface area contributed by atoms with Crippen molar-refractivity contribution in [2.45, 2.75) is 44.6 Å². The lowest BCUT2D eigenvalue weighted by Crippen LogP contribution is -2.54. The number of carbonyl (C=O) groups excluding carboxylic acids is 1. The Balaban J connectivity index is 1.56. The summed E-state index contributed by atoms with van der Waals surface area (Å²) >= 11 is 0. The van der Waals surface area contributed by atoms with Gasteiger partial charge in [-0.2, -0.15) is 0 Å². The number of benzene rings is 1. The zero-order chi connectivity index (χ0) is 16.0. The van der Waals surface area contributed by atoms with Crippen LogP contribution in [0.2, 0.25) is 0 Å². The van der Waals surface area contributed by atoms with Crippen LogP contribution in [0.3, 0.4) is 0 Å². The van der Waals surface area contributed by atoms with E-state index in [9.17, 15) is 14.7 Å². The van der Waals surface area contributed by atoms with Crippen molar-refractivity contribution in [2.24, 2.45) is 23.2 Å². The van der Waals surface area contributed by atoms with E-state index in [1.54, 1.807) is 12.1 Å². The van der Waals surface area contributed by atoms with E-state index in [0.717, 1.165) is 19.3 Å². The molecular weight excluding hydrogens is 290 g/mol. The highest BCUT2D eigenvalue weighted by molar-refractivity contribution is 5.88. The summed E-state index contributed by atoms with van der Waals surface area (Å²) in [6.45, 7) is 0. The van der Waals surface area contributed by atoms with Crippen LogP contribution >= 0.6 is 0 Å². The summed E-state index contributed by atoms with van der Waals surface area (Å²) in [5, 5.41) is 12.4. The second kappa shape index (κ2) is 5.36. The van der Waals surface area contributed by atoms with E-state index in [0.29, 0.717) is 23.3 Å². The minimum absolute atomic E-state index is 0.0344. The largest absolute Gasteiger partial charge is 0.479 e. The molecule has 122 valence electrons. The molecule has 0 spiro atoms. The monoisotopic (exact) mass is 313 g/mol. The van der Waals surface area contributed by atoms with E-state index in [4.69, 9.17) is 0 Å². The molecule has 23 heavy (non-hydrogen) atoms. The van der Waals surface area contributed by atoms with Crippen LogP contribution in [0, 0.1) is 23.2 Å². The van der Waals surface area contributed by atoms with Gasteiger partial charge in [-0.1, -0.05) is 30.3 Å². The van der Waals surface area contributed by atoms with Crippen LogP contribution in [-0.4, -0.2) is 17.0 Å². The van der Waals surface area contributed by atoms with Crippen molar-refractivity contribution in [1.82, 2.24) is 5.32 Å². The number of hydrogen-bond donors (Lipinski definition) is 2. The third-order valence-corrected chi connectivity index (χ3v) is 6.18. The molecule has 1 aromatic carbocycles. The predicted molar refractivity (Wildman–Crippen MR) is 85.6 cm³/mol. The van der Waals surface area contributed by atoms with Gasteiger partial charge in [-0.15, -0.1) is 0 Å². The number of nitrogens with one attached hydrogen (secondary N) is 1. The van der Waals surface area contributed by atoms with Crippen LogP contribution in [-0.2, 0) is 9.59 Å². The number of amides is 1. The normalized spacial score (nSPS) is 35.7. The van der Waals surface area contributed by atoms with Gasteiger partial charge in [-0.3, -0.25) is 4.79 Å². The van der Waals surface area contributed by atoms with E-state index in [2.05, 4.69) is 5.32 Å². The minimum atomic E-state index is -0.991. The number of carboxylic acids is 1. The fourth-order valence-electron chi connectivity index (χ4n) is 5.61. The number of hydrogen-bond acceptors (Lipinski definition) is 2. The Morgan fingerprint density at radius 1 is 1.00 bits per heavy atom. The minimum Gasteiger partial charge on any atom is -0.479 e. The maximum Gasteiger partial charge on any atom is 0.330 e. The van der Waals surface area contributed by atoms with Crippen LogP contribution in [0.25, 0.3) is 0 Å². The van der Waals surface area contributed by atoms with Gasteiger partial charge in [0, 0.05) is 5.41 Å². The summed E-state index contributed by atoms with van der Waals surface area (Å²) in [6, 6.07) is 8.04. The summed E-state index contributed by atoms with van der Waals surface area (Å²) in [5.41, 5.74) is 0.329. The number of rotatable bonds is 4. The third kappa shape index (κ3) is 2.54. The van der Waals surface area contributed by atoms with Gasteiger partial charge in [-0.25, -0.2) is 4.79 Å². The van der Waals surface area contributed by atoms with E-state index >= 15 is 0 Å². The molecule has 4 fully saturated rings.